The number of aliphatic hydroxyl groups is 1. The molecule has 0 aliphatic heterocycles. The van der Waals surface area contributed by atoms with Gasteiger partial charge in [0.1, 0.15) is 0 Å². The Morgan fingerprint density at radius 1 is 0.833 bits per heavy atom. The largest absolute Gasteiger partial charge is 0.393 e. The molecule has 30 heavy (non-hydrogen) atoms. The van der Waals surface area contributed by atoms with Gasteiger partial charge in [-0.25, -0.2) is 0 Å². The molecule has 4 rings (SSSR count). The molecule has 4 aliphatic carbocycles. The van der Waals surface area contributed by atoms with Crippen LogP contribution in [0, 0.1) is 58.2 Å². The summed E-state index contributed by atoms with van der Waals surface area (Å²) in [5.41, 5.74) is 1.14. The van der Waals surface area contributed by atoms with Crippen LogP contribution in [-0.2, 0) is 0 Å². The van der Waals surface area contributed by atoms with Crippen LogP contribution in [0.3, 0.4) is 0 Å². The van der Waals surface area contributed by atoms with Gasteiger partial charge in [-0.3, -0.25) is 0 Å². The monoisotopic (exact) mass is 416 g/mol. The molecule has 4 aliphatic rings. The van der Waals surface area contributed by atoms with E-state index in [-0.39, 0.29) is 6.10 Å². The van der Waals surface area contributed by atoms with Gasteiger partial charge in [0.2, 0.25) is 0 Å². The standard InChI is InChI=1S/C29H52O/c1-7-21(19(2)3)9-8-20(4)25-12-13-26-24-11-10-22-18-23(30)14-16-28(22,5)27(24)15-17-29(25,26)6/h19-27,30H,7-18H2,1-6H3/t20?,21?,22?,23-,24-,25+,26-,27-,28-,29+/m0/s1. The molecule has 10 atom stereocenters. The minimum Gasteiger partial charge on any atom is -0.393 e. The van der Waals surface area contributed by atoms with Crippen LogP contribution >= 0.6 is 0 Å². The van der Waals surface area contributed by atoms with Crippen molar-refractivity contribution in [3.05, 3.63) is 0 Å². The van der Waals surface area contributed by atoms with E-state index in [1.807, 2.05) is 0 Å². The highest BCUT2D eigenvalue weighted by molar-refractivity contribution is 5.09. The predicted octanol–water partition coefficient (Wildman–Crippen LogP) is 8.10. The second-order valence-electron chi connectivity index (χ2n) is 13.3. The second-order valence-corrected chi connectivity index (χ2v) is 13.3. The lowest BCUT2D eigenvalue weighted by Crippen LogP contribution is -2.54. The van der Waals surface area contributed by atoms with Crippen molar-refractivity contribution in [2.24, 2.45) is 58.2 Å². The van der Waals surface area contributed by atoms with E-state index in [1.165, 1.54) is 64.2 Å². The van der Waals surface area contributed by atoms with E-state index in [2.05, 4.69) is 41.5 Å². The SMILES string of the molecule is CCC(CCC(C)[C@H]1CC[C@H]2[C@@H]3CCC4C[C@@H](O)CC[C@]4(C)[C@H]3CC[C@]12C)C(C)C. The van der Waals surface area contributed by atoms with Crippen LogP contribution in [0.2, 0.25) is 0 Å². The molecule has 0 aromatic rings. The molecule has 174 valence electrons. The Bertz CT molecular complexity index is 583. The van der Waals surface area contributed by atoms with Crippen LogP contribution in [0.4, 0.5) is 0 Å². The van der Waals surface area contributed by atoms with Gasteiger partial charge >= 0.3 is 0 Å². The first kappa shape index (κ1) is 23.1. The Hall–Kier alpha value is -0.0400. The first-order valence-corrected chi connectivity index (χ1v) is 13.9. The molecule has 0 heterocycles. The van der Waals surface area contributed by atoms with Crippen LogP contribution in [0.5, 0.6) is 0 Å². The summed E-state index contributed by atoms with van der Waals surface area (Å²) in [5.74, 6) is 7.34. The molecule has 3 unspecified atom stereocenters. The summed E-state index contributed by atoms with van der Waals surface area (Å²) in [6.45, 7) is 15.2. The van der Waals surface area contributed by atoms with Gasteiger partial charge in [0.25, 0.3) is 0 Å². The number of rotatable bonds is 6. The van der Waals surface area contributed by atoms with Crippen molar-refractivity contribution < 1.29 is 5.11 Å². The molecule has 0 bridgehead atoms. The highest BCUT2D eigenvalue weighted by Crippen LogP contribution is 2.68. The minimum absolute atomic E-state index is 0.0111. The van der Waals surface area contributed by atoms with Crippen molar-refractivity contribution in [1.29, 1.82) is 0 Å². The normalized spacial score (nSPS) is 48.0. The molecule has 0 aromatic heterocycles. The minimum atomic E-state index is -0.0111. The van der Waals surface area contributed by atoms with Gasteiger partial charge in [-0.2, -0.15) is 0 Å². The van der Waals surface area contributed by atoms with Crippen molar-refractivity contribution >= 4 is 0 Å². The van der Waals surface area contributed by atoms with Gasteiger partial charge < -0.3 is 5.11 Å². The molecule has 0 saturated heterocycles. The predicted molar refractivity (Wildman–Crippen MR) is 128 cm³/mol. The topological polar surface area (TPSA) is 20.2 Å². The fourth-order valence-corrected chi connectivity index (χ4v) is 9.90. The molecule has 1 heteroatoms. The molecular weight excluding hydrogens is 364 g/mol. The highest BCUT2D eigenvalue weighted by atomic mass is 16.3. The Morgan fingerprint density at radius 3 is 2.23 bits per heavy atom. The summed E-state index contributed by atoms with van der Waals surface area (Å²) in [5, 5.41) is 10.3. The third kappa shape index (κ3) is 3.82. The fraction of sp³-hybridized carbons (Fsp3) is 1.00. The van der Waals surface area contributed by atoms with E-state index in [0.717, 1.165) is 60.2 Å². The molecule has 0 spiro atoms. The summed E-state index contributed by atoms with van der Waals surface area (Å²) in [6.07, 6.45) is 16.5. The van der Waals surface area contributed by atoms with Gasteiger partial charge in [-0.1, -0.05) is 54.4 Å². The Morgan fingerprint density at radius 2 is 1.53 bits per heavy atom. The lowest BCUT2D eigenvalue weighted by Gasteiger charge is -2.61. The summed E-state index contributed by atoms with van der Waals surface area (Å²) < 4.78 is 0. The van der Waals surface area contributed by atoms with Crippen molar-refractivity contribution in [2.75, 3.05) is 0 Å². The van der Waals surface area contributed by atoms with E-state index in [1.54, 1.807) is 0 Å². The van der Waals surface area contributed by atoms with Crippen molar-refractivity contribution in [3.8, 4) is 0 Å². The van der Waals surface area contributed by atoms with E-state index in [4.69, 9.17) is 0 Å². The van der Waals surface area contributed by atoms with E-state index in [9.17, 15) is 5.11 Å². The molecule has 1 nitrogen and oxygen atoms in total. The van der Waals surface area contributed by atoms with Crippen LogP contribution in [0.1, 0.15) is 119 Å². The summed E-state index contributed by atoms with van der Waals surface area (Å²) in [7, 11) is 0. The zero-order valence-electron chi connectivity index (χ0n) is 21.1. The number of hydrogen-bond acceptors (Lipinski definition) is 1. The smallest absolute Gasteiger partial charge is 0.0543 e. The average Bonchev–Trinajstić information content (AvgIpc) is 3.06. The van der Waals surface area contributed by atoms with Crippen molar-refractivity contribution in [1.82, 2.24) is 0 Å². The zero-order chi connectivity index (χ0) is 21.7. The Kier molecular flexibility index (Phi) is 6.72. The second kappa shape index (κ2) is 8.72. The first-order valence-electron chi connectivity index (χ1n) is 13.9. The third-order valence-corrected chi connectivity index (χ3v) is 11.9. The van der Waals surface area contributed by atoms with Gasteiger partial charge in [0.15, 0.2) is 0 Å². The quantitative estimate of drug-likeness (QED) is 0.463. The number of aliphatic hydroxyl groups excluding tert-OH is 1. The number of hydrogen-bond donors (Lipinski definition) is 1. The summed E-state index contributed by atoms with van der Waals surface area (Å²) in [4.78, 5) is 0. The van der Waals surface area contributed by atoms with Crippen molar-refractivity contribution in [2.45, 2.75) is 125 Å². The average molecular weight is 417 g/mol. The molecule has 0 amide bonds. The van der Waals surface area contributed by atoms with Gasteiger partial charge in [0.05, 0.1) is 6.10 Å². The first-order chi connectivity index (χ1) is 14.2. The highest BCUT2D eigenvalue weighted by Gasteiger charge is 2.60. The van der Waals surface area contributed by atoms with Crippen LogP contribution < -0.4 is 0 Å². The van der Waals surface area contributed by atoms with Crippen molar-refractivity contribution in [3.63, 3.8) is 0 Å². The Balaban J connectivity index is 1.45. The fourth-order valence-electron chi connectivity index (χ4n) is 9.90. The van der Waals surface area contributed by atoms with E-state index >= 15 is 0 Å². The molecule has 4 saturated carbocycles. The van der Waals surface area contributed by atoms with E-state index < -0.39 is 0 Å². The van der Waals surface area contributed by atoms with Crippen LogP contribution in [-0.4, -0.2) is 11.2 Å². The van der Waals surface area contributed by atoms with E-state index in [0.29, 0.717) is 10.8 Å². The molecule has 4 fully saturated rings. The summed E-state index contributed by atoms with van der Waals surface area (Å²) >= 11 is 0. The van der Waals surface area contributed by atoms with Crippen LogP contribution in [0.25, 0.3) is 0 Å². The lowest BCUT2D eigenvalue weighted by atomic mass is 9.44. The molecule has 1 N–H and O–H groups in total. The van der Waals surface area contributed by atoms with Crippen LogP contribution in [0.15, 0.2) is 0 Å². The Labute approximate surface area is 188 Å². The summed E-state index contributed by atoms with van der Waals surface area (Å²) in [6, 6.07) is 0. The van der Waals surface area contributed by atoms with Gasteiger partial charge in [-0.15, -0.1) is 0 Å². The van der Waals surface area contributed by atoms with Gasteiger partial charge in [-0.05, 0) is 122 Å². The number of fused-ring (bicyclic) bond motifs is 5. The molecule has 0 radical (unpaired) electrons. The maximum Gasteiger partial charge on any atom is 0.0543 e. The molecule has 0 aromatic carbocycles. The third-order valence-electron chi connectivity index (χ3n) is 11.9. The van der Waals surface area contributed by atoms with Gasteiger partial charge in [0, 0.05) is 0 Å². The molecular formula is C29H52O. The maximum atomic E-state index is 10.3. The maximum absolute atomic E-state index is 10.3. The zero-order valence-corrected chi connectivity index (χ0v) is 21.1. The lowest BCUT2D eigenvalue weighted by molar-refractivity contribution is -0.129.